The van der Waals surface area contributed by atoms with Crippen LogP contribution in [0.1, 0.15) is 11.6 Å². The van der Waals surface area contributed by atoms with E-state index in [1.165, 1.54) is 18.2 Å². The number of anilines is 1. The molecular formula is C22H27FN4O3. The SMILES string of the molecule is COc1ccc([C@@H](CNC(=O)C(=O)Nc2cccc(F)c2)N2CCN(C)CC2)cc1. The van der Waals surface area contributed by atoms with Gasteiger partial charge in [0, 0.05) is 38.4 Å². The van der Waals surface area contributed by atoms with Gasteiger partial charge in [-0.3, -0.25) is 14.5 Å². The van der Waals surface area contributed by atoms with Crippen LogP contribution in [0.3, 0.4) is 0 Å². The summed E-state index contributed by atoms with van der Waals surface area (Å²) in [4.78, 5) is 29.1. The van der Waals surface area contributed by atoms with E-state index >= 15 is 0 Å². The number of nitrogens with zero attached hydrogens (tertiary/aromatic N) is 2. The van der Waals surface area contributed by atoms with Crippen LogP contribution >= 0.6 is 0 Å². The van der Waals surface area contributed by atoms with Crippen molar-refractivity contribution in [2.45, 2.75) is 6.04 Å². The first-order valence-electron chi connectivity index (χ1n) is 9.87. The smallest absolute Gasteiger partial charge is 0.313 e. The number of halogens is 1. The van der Waals surface area contributed by atoms with Gasteiger partial charge in [-0.05, 0) is 42.9 Å². The summed E-state index contributed by atoms with van der Waals surface area (Å²) < 4.78 is 18.5. The Morgan fingerprint density at radius 1 is 1.07 bits per heavy atom. The molecule has 2 N–H and O–H groups in total. The average molecular weight is 414 g/mol. The van der Waals surface area contributed by atoms with Crippen LogP contribution in [-0.4, -0.2) is 68.5 Å². The van der Waals surface area contributed by atoms with Gasteiger partial charge in [-0.2, -0.15) is 0 Å². The number of likely N-dealkylation sites (N-methyl/N-ethyl adjacent to an activating group) is 1. The Labute approximate surface area is 175 Å². The number of carbonyl (C=O) groups excluding carboxylic acids is 2. The van der Waals surface area contributed by atoms with E-state index in [2.05, 4.69) is 27.5 Å². The number of benzene rings is 2. The standard InChI is InChI=1S/C22H27FN4O3/c1-26-10-12-27(13-11-26)20(16-6-8-19(30-2)9-7-16)15-24-21(28)22(29)25-18-5-3-4-17(23)14-18/h3-9,14,20H,10-13,15H2,1-2H3,(H,24,28)(H,25,29)/t20-/m1/s1. The number of ether oxygens (including phenoxy) is 1. The molecule has 0 bridgehead atoms. The Hall–Kier alpha value is -2.97. The molecule has 2 aromatic carbocycles. The lowest BCUT2D eigenvalue weighted by Gasteiger charge is -2.38. The highest BCUT2D eigenvalue weighted by molar-refractivity contribution is 6.39. The number of rotatable bonds is 6. The molecule has 30 heavy (non-hydrogen) atoms. The van der Waals surface area contributed by atoms with Gasteiger partial charge in [0.05, 0.1) is 13.2 Å². The number of methoxy groups -OCH3 is 1. The number of piperazine rings is 1. The first-order valence-corrected chi connectivity index (χ1v) is 9.87. The molecule has 1 aliphatic rings. The fourth-order valence-corrected chi connectivity index (χ4v) is 3.44. The number of hydrogen-bond donors (Lipinski definition) is 2. The van der Waals surface area contributed by atoms with Gasteiger partial charge < -0.3 is 20.3 Å². The molecule has 1 aliphatic heterocycles. The van der Waals surface area contributed by atoms with Crippen molar-refractivity contribution in [1.29, 1.82) is 0 Å². The quantitative estimate of drug-likeness (QED) is 0.706. The highest BCUT2D eigenvalue weighted by atomic mass is 19.1. The Balaban J connectivity index is 1.66. The van der Waals surface area contributed by atoms with Crippen LogP contribution < -0.4 is 15.4 Å². The van der Waals surface area contributed by atoms with Crippen LogP contribution in [0.2, 0.25) is 0 Å². The maximum atomic E-state index is 13.3. The van der Waals surface area contributed by atoms with E-state index in [4.69, 9.17) is 4.74 Å². The predicted octanol–water partition coefficient (Wildman–Crippen LogP) is 1.88. The highest BCUT2D eigenvalue weighted by Gasteiger charge is 2.25. The zero-order valence-corrected chi connectivity index (χ0v) is 17.2. The van der Waals surface area contributed by atoms with Gasteiger partial charge in [-0.25, -0.2) is 4.39 Å². The summed E-state index contributed by atoms with van der Waals surface area (Å²) in [6, 6.07) is 13.1. The van der Waals surface area contributed by atoms with Gasteiger partial charge in [-0.1, -0.05) is 18.2 Å². The zero-order valence-electron chi connectivity index (χ0n) is 17.2. The van der Waals surface area contributed by atoms with Crippen molar-refractivity contribution in [2.75, 3.05) is 52.2 Å². The van der Waals surface area contributed by atoms with Crippen molar-refractivity contribution in [3.8, 4) is 5.75 Å². The molecular weight excluding hydrogens is 387 g/mol. The van der Waals surface area contributed by atoms with Crippen LogP contribution in [0.25, 0.3) is 0 Å². The summed E-state index contributed by atoms with van der Waals surface area (Å²) in [5.41, 5.74) is 1.27. The van der Waals surface area contributed by atoms with E-state index in [0.29, 0.717) is 0 Å². The molecule has 2 aromatic rings. The molecule has 7 nitrogen and oxygen atoms in total. The molecule has 3 rings (SSSR count). The van der Waals surface area contributed by atoms with Crippen molar-refractivity contribution in [1.82, 2.24) is 15.1 Å². The van der Waals surface area contributed by atoms with Crippen molar-refractivity contribution in [3.05, 3.63) is 59.9 Å². The summed E-state index contributed by atoms with van der Waals surface area (Å²) in [5, 5.41) is 5.14. The van der Waals surface area contributed by atoms with Crippen LogP contribution in [0.15, 0.2) is 48.5 Å². The summed E-state index contributed by atoms with van der Waals surface area (Å²) >= 11 is 0. The largest absolute Gasteiger partial charge is 0.497 e. The maximum absolute atomic E-state index is 13.3. The van der Waals surface area contributed by atoms with Gasteiger partial charge in [-0.15, -0.1) is 0 Å². The predicted molar refractivity (Wildman–Crippen MR) is 113 cm³/mol. The van der Waals surface area contributed by atoms with Gasteiger partial charge in [0.2, 0.25) is 0 Å². The van der Waals surface area contributed by atoms with E-state index < -0.39 is 17.6 Å². The summed E-state index contributed by atoms with van der Waals surface area (Å²) in [6.45, 7) is 3.86. The van der Waals surface area contributed by atoms with E-state index in [0.717, 1.165) is 43.6 Å². The lowest BCUT2D eigenvalue weighted by atomic mass is 10.0. The first kappa shape index (κ1) is 21.7. The minimum atomic E-state index is -0.826. The van der Waals surface area contributed by atoms with Crippen LogP contribution in [0.4, 0.5) is 10.1 Å². The van der Waals surface area contributed by atoms with Gasteiger partial charge in [0.1, 0.15) is 11.6 Å². The second-order valence-corrected chi connectivity index (χ2v) is 7.30. The second kappa shape index (κ2) is 10.2. The first-order chi connectivity index (χ1) is 14.5. The fourth-order valence-electron chi connectivity index (χ4n) is 3.44. The minimum Gasteiger partial charge on any atom is -0.497 e. The fraction of sp³-hybridized carbons (Fsp3) is 0.364. The summed E-state index contributed by atoms with van der Waals surface area (Å²) in [7, 11) is 3.70. The number of carbonyl (C=O) groups is 2. The van der Waals surface area contributed by atoms with E-state index in [1.54, 1.807) is 7.11 Å². The Morgan fingerprint density at radius 2 is 1.77 bits per heavy atom. The molecule has 160 valence electrons. The van der Waals surface area contributed by atoms with E-state index in [9.17, 15) is 14.0 Å². The summed E-state index contributed by atoms with van der Waals surface area (Å²) in [6.07, 6.45) is 0. The molecule has 1 atom stereocenters. The average Bonchev–Trinajstić information content (AvgIpc) is 2.75. The molecule has 0 radical (unpaired) electrons. The molecule has 1 heterocycles. The van der Waals surface area contributed by atoms with Crippen molar-refractivity contribution < 1.29 is 18.7 Å². The number of hydrogen-bond acceptors (Lipinski definition) is 5. The third-order valence-electron chi connectivity index (χ3n) is 5.22. The van der Waals surface area contributed by atoms with Crippen molar-refractivity contribution in [2.24, 2.45) is 0 Å². The second-order valence-electron chi connectivity index (χ2n) is 7.30. The van der Waals surface area contributed by atoms with Gasteiger partial charge in [0.25, 0.3) is 0 Å². The lowest BCUT2D eigenvalue weighted by Crippen LogP contribution is -2.49. The zero-order chi connectivity index (χ0) is 21.5. The third kappa shape index (κ3) is 5.77. The Morgan fingerprint density at radius 3 is 2.40 bits per heavy atom. The maximum Gasteiger partial charge on any atom is 0.313 e. The highest BCUT2D eigenvalue weighted by Crippen LogP contribution is 2.24. The van der Waals surface area contributed by atoms with E-state index in [1.807, 2.05) is 24.3 Å². The lowest BCUT2D eigenvalue weighted by molar-refractivity contribution is -0.136. The molecule has 0 spiro atoms. The van der Waals surface area contributed by atoms with Crippen LogP contribution in [0, 0.1) is 5.82 Å². The summed E-state index contributed by atoms with van der Waals surface area (Å²) in [5.74, 6) is -1.31. The van der Waals surface area contributed by atoms with Crippen molar-refractivity contribution in [3.63, 3.8) is 0 Å². The monoisotopic (exact) mass is 414 g/mol. The third-order valence-corrected chi connectivity index (χ3v) is 5.22. The molecule has 0 aromatic heterocycles. The molecule has 2 amide bonds. The van der Waals surface area contributed by atoms with Gasteiger partial charge >= 0.3 is 11.8 Å². The topological polar surface area (TPSA) is 73.9 Å². The molecule has 1 fully saturated rings. The molecule has 0 unspecified atom stereocenters. The molecule has 1 saturated heterocycles. The van der Waals surface area contributed by atoms with E-state index in [-0.39, 0.29) is 18.3 Å². The number of amides is 2. The minimum absolute atomic E-state index is 0.0736. The molecule has 8 heteroatoms. The molecule has 0 saturated carbocycles. The normalized spacial score (nSPS) is 16.0. The van der Waals surface area contributed by atoms with Gasteiger partial charge in [0.15, 0.2) is 0 Å². The van der Waals surface area contributed by atoms with Crippen LogP contribution in [0.5, 0.6) is 5.75 Å². The van der Waals surface area contributed by atoms with Crippen LogP contribution in [-0.2, 0) is 9.59 Å². The number of nitrogens with one attached hydrogen (secondary N) is 2. The van der Waals surface area contributed by atoms with Crippen molar-refractivity contribution >= 4 is 17.5 Å². The Bertz CT molecular complexity index is 867. The molecule has 0 aliphatic carbocycles. The Kier molecular flexibility index (Phi) is 7.37.